The first-order valence-corrected chi connectivity index (χ1v) is 8.36. The predicted molar refractivity (Wildman–Crippen MR) is 86.4 cm³/mol. The highest BCUT2D eigenvalue weighted by Gasteiger charge is 2.23. The van der Waals surface area contributed by atoms with Crippen LogP contribution in [0.3, 0.4) is 0 Å². The normalized spacial score (nSPS) is 17.0. The summed E-state index contributed by atoms with van der Waals surface area (Å²) in [5, 5.41) is 0.690. The minimum atomic E-state index is 0.409. The van der Waals surface area contributed by atoms with Crippen LogP contribution in [0.2, 0.25) is 5.02 Å². The summed E-state index contributed by atoms with van der Waals surface area (Å²) in [6.45, 7) is 0.676. The van der Waals surface area contributed by atoms with Gasteiger partial charge in [0.15, 0.2) is 0 Å². The van der Waals surface area contributed by atoms with Crippen molar-refractivity contribution in [3.63, 3.8) is 0 Å². The summed E-state index contributed by atoms with van der Waals surface area (Å²) in [5.74, 6) is 2.75. The summed E-state index contributed by atoms with van der Waals surface area (Å²) < 4.78 is 5.97. The van der Waals surface area contributed by atoms with E-state index in [2.05, 4.69) is 24.3 Å². The van der Waals surface area contributed by atoms with E-state index in [0.29, 0.717) is 23.4 Å². The molecule has 3 rings (SSSR count). The van der Waals surface area contributed by atoms with Crippen LogP contribution in [0.5, 0.6) is 5.75 Å². The SMILES string of the molecule is ClCc1cc(Cl)ccc1OCC1CSc2ccccc21. The highest BCUT2D eigenvalue weighted by molar-refractivity contribution is 7.99. The van der Waals surface area contributed by atoms with E-state index < -0.39 is 0 Å². The van der Waals surface area contributed by atoms with E-state index in [9.17, 15) is 0 Å². The van der Waals surface area contributed by atoms with E-state index in [1.165, 1.54) is 10.5 Å². The molecular weight excluding hydrogens is 311 g/mol. The number of rotatable bonds is 4. The van der Waals surface area contributed by atoms with Crippen molar-refractivity contribution in [1.29, 1.82) is 0 Å². The molecule has 0 N–H and O–H groups in total. The summed E-state index contributed by atoms with van der Waals surface area (Å²) in [6, 6.07) is 14.1. The van der Waals surface area contributed by atoms with Gasteiger partial charge < -0.3 is 4.74 Å². The second kappa shape index (κ2) is 6.30. The Balaban J connectivity index is 1.72. The summed E-state index contributed by atoms with van der Waals surface area (Å²) in [4.78, 5) is 1.37. The van der Waals surface area contributed by atoms with Gasteiger partial charge in [0.25, 0.3) is 0 Å². The van der Waals surface area contributed by atoms with Crippen LogP contribution in [-0.2, 0) is 5.88 Å². The van der Waals surface area contributed by atoms with Crippen LogP contribution in [0.15, 0.2) is 47.4 Å². The van der Waals surface area contributed by atoms with Crippen LogP contribution < -0.4 is 4.74 Å². The van der Waals surface area contributed by atoms with Crippen molar-refractivity contribution >= 4 is 35.0 Å². The second-order valence-electron chi connectivity index (χ2n) is 4.74. The van der Waals surface area contributed by atoms with E-state index in [1.807, 2.05) is 30.0 Å². The molecule has 0 bridgehead atoms. The number of thioether (sulfide) groups is 1. The number of halogens is 2. The van der Waals surface area contributed by atoms with Gasteiger partial charge in [0.2, 0.25) is 0 Å². The smallest absolute Gasteiger partial charge is 0.123 e. The van der Waals surface area contributed by atoms with Gasteiger partial charge >= 0.3 is 0 Å². The number of benzene rings is 2. The van der Waals surface area contributed by atoms with Crippen LogP contribution in [0, 0.1) is 0 Å². The molecule has 1 nitrogen and oxygen atoms in total. The largest absolute Gasteiger partial charge is 0.493 e. The predicted octanol–water partition coefficient (Wildman–Crippen LogP) is 5.35. The molecule has 4 heteroatoms. The Labute approximate surface area is 133 Å². The first kappa shape index (κ1) is 14.1. The Morgan fingerprint density at radius 3 is 2.90 bits per heavy atom. The molecule has 0 aliphatic carbocycles. The number of hydrogen-bond donors (Lipinski definition) is 0. The molecule has 1 heterocycles. The van der Waals surface area contributed by atoms with Crippen molar-refractivity contribution < 1.29 is 4.74 Å². The van der Waals surface area contributed by atoms with E-state index in [1.54, 1.807) is 0 Å². The molecule has 0 saturated heterocycles. The minimum Gasteiger partial charge on any atom is -0.493 e. The number of ether oxygens (including phenoxy) is 1. The Bertz CT molecular complexity index is 615. The molecule has 1 atom stereocenters. The molecule has 0 saturated carbocycles. The van der Waals surface area contributed by atoms with Gasteiger partial charge in [-0.15, -0.1) is 23.4 Å². The lowest BCUT2D eigenvalue weighted by Gasteiger charge is -2.15. The van der Waals surface area contributed by atoms with Crippen LogP contribution in [-0.4, -0.2) is 12.4 Å². The molecule has 2 aromatic rings. The first-order valence-electron chi connectivity index (χ1n) is 6.47. The second-order valence-corrected chi connectivity index (χ2v) is 6.51. The maximum atomic E-state index is 5.97. The van der Waals surface area contributed by atoms with E-state index in [4.69, 9.17) is 27.9 Å². The fourth-order valence-electron chi connectivity index (χ4n) is 2.35. The monoisotopic (exact) mass is 324 g/mol. The summed E-state index contributed by atoms with van der Waals surface area (Å²) in [7, 11) is 0. The fourth-order valence-corrected chi connectivity index (χ4v) is 3.99. The molecule has 0 aromatic heterocycles. The molecule has 0 amide bonds. The van der Waals surface area contributed by atoms with E-state index in [0.717, 1.165) is 17.1 Å². The van der Waals surface area contributed by atoms with Crippen molar-refractivity contribution in [2.75, 3.05) is 12.4 Å². The van der Waals surface area contributed by atoms with Crippen LogP contribution in [0.4, 0.5) is 0 Å². The van der Waals surface area contributed by atoms with Crippen LogP contribution in [0.25, 0.3) is 0 Å². The summed E-state index contributed by atoms with van der Waals surface area (Å²) in [6.07, 6.45) is 0. The zero-order chi connectivity index (χ0) is 13.9. The third-order valence-corrected chi connectivity index (χ3v) is 5.18. The summed E-state index contributed by atoms with van der Waals surface area (Å²) >= 11 is 13.8. The van der Waals surface area contributed by atoms with Gasteiger partial charge in [-0.25, -0.2) is 0 Å². The molecule has 0 radical (unpaired) electrons. The zero-order valence-corrected chi connectivity index (χ0v) is 13.1. The standard InChI is InChI=1S/C16H14Cl2OS/c17-8-11-7-13(18)5-6-15(11)19-9-12-10-20-16-4-2-1-3-14(12)16/h1-7,12H,8-10H2. The minimum absolute atomic E-state index is 0.409. The Morgan fingerprint density at radius 1 is 1.20 bits per heavy atom. The lowest BCUT2D eigenvalue weighted by atomic mass is 10.0. The highest BCUT2D eigenvalue weighted by atomic mass is 35.5. The van der Waals surface area contributed by atoms with E-state index >= 15 is 0 Å². The van der Waals surface area contributed by atoms with Crippen molar-refractivity contribution in [2.24, 2.45) is 0 Å². The topological polar surface area (TPSA) is 9.23 Å². The molecule has 1 aliphatic heterocycles. The molecule has 20 heavy (non-hydrogen) atoms. The molecule has 1 aliphatic rings. The maximum Gasteiger partial charge on any atom is 0.123 e. The van der Waals surface area contributed by atoms with Gasteiger partial charge in [-0.2, -0.15) is 0 Å². The number of hydrogen-bond acceptors (Lipinski definition) is 2. The Hall–Kier alpha value is -0.830. The molecule has 1 unspecified atom stereocenters. The van der Waals surface area contributed by atoms with Gasteiger partial charge in [0, 0.05) is 27.2 Å². The summed E-state index contributed by atoms with van der Waals surface area (Å²) in [5.41, 5.74) is 2.33. The molecule has 0 fully saturated rings. The van der Waals surface area contributed by atoms with Gasteiger partial charge in [-0.1, -0.05) is 29.8 Å². The molecular formula is C16H14Cl2OS. The quantitative estimate of drug-likeness (QED) is 0.701. The van der Waals surface area contributed by atoms with Gasteiger partial charge in [0.1, 0.15) is 5.75 Å². The van der Waals surface area contributed by atoms with Gasteiger partial charge in [0.05, 0.1) is 12.5 Å². The fraction of sp³-hybridized carbons (Fsp3) is 0.250. The lowest BCUT2D eigenvalue weighted by molar-refractivity contribution is 0.296. The number of fused-ring (bicyclic) bond motifs is 1. The van der Waals surface area contributed by atoms with Crippen LogP contribution >= 0.6 is 35.0 Å². The zero-order valence-electron chi connectivity index (χ0n) is 10.8. The molecule has 0 spiro atoms. The molecule has 2 aromatic carbocycles. The third-order valence-electron chi connectivity index (χ3n) is 3.41. The first-order chi connectivity index (χ1) is 9.78. The van der Waals surface area contributed by atoms with Crippen molar-refractivity contribution in [1.82, 2.24) is 0 Å². The van der Waals surface area contributed by atoms with Crippen molar-refractivity contribution in [3.05, 3.63) is 58.6 Å². The van der Waals surface area contributed by atoms with Crippen molar-refractivity contribution in [2.45, 2.75) is 16.7 Å². The maximum absolute atomic E-state index is 5.97. The Morgan fingerprint density at radius 2 is 2.05 bits per heavy atom. The van der Waals surface area contributed by atoms with E-state index in [-0.39, 0.29) is 0 Å². The highest BCUT2D eigenvalue weighted by Crippen LogP contribution is 2.39. The van der Waals surface area contributed by atoms with Gasteiger partial charge in [-0.05, 0) is 29.8 Å². The van der Waals surface area contributed by atoms with Crippen LogP contribution in [0.1, 0.15) is 17.0 Å². The van der Waals surface area contributed by atoms with Crippen molar-refractivity contribution in [3.8, 4) is 5.75 Å². The number of alkyl halides is 1. The third kappa shape index (κ3) is 2.93. The molecule has 104 valence electrons. The Kier molecular flexibility index (Phi) is 4.45. The average Bonchev–Trinajstić information content (AvgIpc) is 2.89. The average molecular weight is 325 g/mol. The lowest BCUT2D eigenvalue weighted by Crippen LogP contribution is -2.10. The van der Waals surface area contributed by atoms with Gasteiger partial charge in [-0.3, -0.25) is 0 Å².